The zero-order valence-electron chi connectivity index (χ0n) is 9.81. The van der Waals surface area contributed by atoms with Gasteiger partial charge in [-0.2, -0.15) is 0 Å². The summed E-state index contributed by atoms with van der Waals surface area (Å²) in [6, 6.07) is 9.41. The summed E-state index contributed by atoms with van der Waals surface area (Å²) in [5.74, 6) is -0.528. The average Bonchev–Trinajstić information content (AvgIpc) is 2.32. The molecule has 0 bridgehead atoms. The molecule has 4 heteroatoms. The highest BCUT2D eigenvalue weighted by Crippen LogP contribution is 2.21. The summed E-state index contributed by atoms with van der Waals surface area (Å²) in [5, 5.41) is 3.17. The van der Waals surface area contributed by atoms with Gasteiger partial charge in [0.1, 0.15) is 11.6 Å². The molecule has 2 aromatic rings. The van der Waals surface area contributed by atoms with Crippen LogP contribution in [-0.4, -0.2) is 0 Å². The van der Waals surface area contributed by atoms with Gasteiger partial charge < -0.3 is 5.32 Å². The Morgan fingerprint density at radius 2 is 1.89 bits per heavy atom. The van der Waals surface area contributed by atoms with E-state index in [1.54, 1.807) is 18.2 Å². The second-order valence-electron chi connectivity index (χ2n) is 4.05. The predicted octanol–water partition coefficient (Wildman–Crippen LogP) is 4.65. The van der Waals surface area contributed by atoms with E-state index in [0.29, 0.717) is 11.0 Å². The third-order valence-electron chi connectivity index (χ3n) is 2.71. The molecule has 18 heavy (non-hydrogen) atoms. The van der Waals surface area contributed by atoms with Gasteiger partial charge in [-0.15, -0.1) is 0 Å². The minimum atomic E-state index is -0.293. The van der Waals surface area contributed by atoms with Crippen molar-refractivity contribution >= 4 is 21.6 Å². The monoisotopic (exact) mass is 311 g/mol. The van der Waals surface area contributed by atoms with Crippen LogP contribution in [0.3, 0.4) is 0 Å². The maximum Gasteiger partial charge on any atom is 0.137 e. The van der Waals surface area contributed by atoms with Crippen LogP contribution in [-0.2, 0) is 6.54 Å². The fraction of sp³-hybridized carbons (Fsp3) is 0.143. The molecule has 0 fully saturated rings. The van der Waals surface area contributed by atoms with Gasteiger partial charge in [0.05, 0.1) is 4.47 Å². The lowest BCUT2D eigenvalue weighted by Crippen LogP contribution is -2.01. The van der Waals surface area contributed by atoms with Gasteiger partial charge in [-0.1, -0.05) is 6.07 Å². The van der Waals surface area contributed by atoms with Crippen LogP contribution in [0.1, 0.15) is 11.1 Å². The molecule has 0 saturated heterocycles. The summed E-state index contributed by atoms with van der Waals surface area (Å²) in [6.07, 6.45) is 0. The molecule has 0 heterocycles. The third kappa shape index (κ3) is 3.07. The molecule has 0 aliphatic carbocycles. The molecule has 0 saturated carbocycles. The van der Waals surface area contributed by atoms with Gasteiger partial charge in [-0.25, -0.2) is 8.78 Å². The largest absolute Gasteiger partial charge is 0.381 e. The Labute approximate surface area is 113 Å². The molecule has 0 spiro atoms. The quantitative estimate of drug-likeness (QED) is 0.870. The van der Waals surface area contributed by atoms with Gasteiger partial charge in [0, 0.05) is 12.2 Å². The van der Waals surface area contributed by atoms with E-state index in [1.165, 1.54) is 18.2 Å². The highest BCUT2D eigenvalue weighted by atomic mass is 79.9. The number of hydrogen-bond acceptors (Lipinski definition) is 1. The summed E-state index contributed by atoms with van der Waals surface area (Å²) in [4.78, 5) is 0. The van der Waals surface area contributed by atoms with Crippen LogP contribution in [0.2, 0.25) is 0 Å². The summed E-state index contributed by atoms with van der Waals surface area (Å²) in [6.45, 7) is 2.44. The van der Waals surface area contributed by atoms with E-state index in [2.05, 4.69) is 21.2 Å². The third-order valence-corrected chi connectivity index (χ3v) is 3.31. The maximum atomic E-state index is 13.1. The number of hydrogen-bond donors (Lipinski definition) is 1. The smallest absolute Gasteiger partial charge is 0.137 e. The van der Waals surface area contributed by atoms with Crippen molar-refractivity contribution in [1.29, 1.82) is 0 Å². The lowest BCUT2D eigenvalue weighted by Gasteiger charge is -2.09. The van der Waals surface area contributed by atoms with Gasteiger partial charge in [0.2, 0.25) is 0 Å². The van der Waals surface area contributed by atoms with Gasteiger partial charge in [-0.05, 0) is 64.3 Å². The molecule has 0 atom stereocenters. The molecule has 0 aromatic heterocycles. The Morgan fingerprint density at radius 3 is 2.56 bits per heavy atom. The van der Waals surface area contributed by atoms with Crippen LogP contribution in [0.5, 0.6) is 0 Å². The first-order chi connectivity index (χ1) is 8.56. The van der Waals surface area contributed by atoms with E-state index in [0.717, 1.165) is 16.8 Å². The molecule has 2 rings (SSSR count). The molecule has 0 aliphatic rings. The second kappa shape index (κ2) is 5.48. The number of anilines is 1. The first-order valence-corrected chi connectivity index (χ1v) is 6.29. The Balaban J connectivity index is 2.09. The van der Waals surface area contributed by atoms with Crippen molar-refractivity contribution in [1.82, 2.24) is 0 Å². The normalized spacial score (nSPS) is 10.4. The number of rotatable bonds is 3. The fourth-order valence-corrected chi connectivity index (χ4v) is 2.04. The van der Waals surface area contributed by atoms with Crippen molar-refractivity contribution in [3.63, 3.8) is 0 Å². The van der Waals surface area contributed by atoms with Crippen LogP contribution in [0.4, 0.5) is 14.5 Å². The molecule has 2 aromatic carbocycles. The van der Waals surface area contributed by atoms with E-state index in [1.807, 2.05) is 6.92 Å². The summed E-state index contributed by atoms with van der Waals surface area (Å²) < 4.78 is 26.4. The van der Waals surface area contributed by atoms with Crippen molar-refractivity contribution in [2.24, 2.45) is 0 Å². The molecule has 0 aliphatic heterocycles. The molecule has 0 unspecified atom stereocenters. The zero-order valence-corrected chi connectivity index (χ0v) is 11.4. The molecular formula is C14H12BrF2N. The van der Waals surface area contributed by atoms with Crippen LogP contribution in [0.15, 0.2) is 40.9 Å². The van der Waals surface area contributed by atoms with E-state index in [4.69, 9.17) is 0 Å². The van der Waals surface area contributed by atoms with Crippen molar-refractivity contribution in [3.05, 3.63) is 63.6 Å². The zero-order chi connectivity index (χ0) is 13.1. The first-order valence-electron chi connectivity index (χ1n) is 5.50. The molecule has 0 radical (unpaired) electrons. The molecule has 1 N–H and O–H groups in total. The summed E-state index contributed by atoms with van der Waals surface area (Å²) >= 11 is 3.13. The first kappa shape index (κ1) is 13.0. The topological polar surface area (TPSA) is 12.0 Å². The lowest BCUT2D eigenvalue weighted by atomic mass is 10.1. The van der Waals surface area contributed by atoms with Gasteiger partial charge in [0.15, 0.2) is 0 Å². The fourth-order valence-electron chi connectivity index (χ4n) is 1.66. The highest BCUT2D eigenvalue weighted by molar-refractivity contribution is 9.10. The van der Waals surface area contributed by atoms with Crippen molar-refractivity contribution in [3.8, 4) is 0 Å². The van der Waals surface area contributed by atoms with E-state index < -0.39 is 0 Å². The Morgan fingerprint density at radius 1 is 1.11 bits per heavy atom. The number of aryl methyl sites for hydroxylation is 1. The molecule has 0 amide bonds. The van der Waals surface area contributed by atoms with Gasteiger partial charge in [0.25, 0.3) is 0 Å². The van der Waals surface area contributed by atoms with E-state index in [-0.39, 0.29) is 11.6 Å². The van der Waals surface area contributed by atoms with Crippen LogP contribution in [0, 0.1) is 18.6 Å². The lowest BCUT2D eigenvalue weighted by molar-refractivity contribution is 0.621. The molecular weight excluding hydrogens is 300 g/mol. The van der Waals surface area contributed by atoms with Crippen molar-refractivity contribution in [2.75, 3.05) is 5.32 Å². The van der Waals surface area contributed by atoms with Gasteiger partial charge in [-0.3, -0.25) is 0 Å². The average molecular weight is 312 g/mol. The summed E-state index contributed by atoms with van der Waals surface area (Å²) in [5.41, 5.74) is 2.72. The van der Waals surface area contributed by atoms with Crippen LogP contribution < -0.4 is 5.32 Å². The minimum Gasteiger partial charge on any atom is -0.381 e. The SMILES string of the molecule is Cc1cc(F)ccc1CNc1ccc(F)c(Br)c1. The maximum absolute atomic E-state index is 13.1. The van der Waals surface area contributed by atoms with Gasteiger partial charge >= 0.3 is 0 Å². The molecule has 1 nitrogen and oxygen atoms in total. The Bertz CT molecular complexity index is 570. The van der Waals surface area contributed by atoms with Crippen molar-refractivity contribution in [2.45, 2.75) is 13.5 Å². The number of benzene rings is 2. The standard InChI is InChI=1S/C14H12BrF2N/c1-9-6-11(16)3-2-10(9)8-18-12-4-5-14(17)13(15)7-12/h2-7,18H,8H2,1H3. The van der Waals surface area contributed by atoms with Crippen LogP contribution >= 0.6 is 15.9 Å². The van der Waals surface area contributed by atoms with Crippen molar-refractivity contribution < 1.29 is 8.78 Å². The minimum absolute atomic E-state index is 0.235. The summed E-state index contributed by atoms with van der Waals surface area (Å²) in [7, 11) is 0. The Kier molecular flexibility index (Phi) is 3.97. The second-order valence-corrected chi connectivity index (χ2v) is 4.91. The molecule has 94 valence electrons. The van der Waals surface area contributed by atoms with E-state index in [9.17, 15) is 8.78 Å². The number of nitrogens with one attached hydrogen (secondary N) is 1. The number of halogens is 3. The van der Waals surface area contributed by atoms with E-state index >= 15 is 0 Å². The van der Waals surface area contributed by atoms with Crippen LogP contribution in [0.25, 0.3) is 0 Å². The predicted molar refractivity (Wildman–Crippen MR) is 72.6 cm³/mol. The highest BCUT2D eigenvalue weighted by Gasteiger charge is 2.02. The Hall–Kier alpha value is -1.42.